The van der Waals surface area contributed by atoms with Gasteiger partial charge in [-0.3, -0.25) is 4.79 Å². The molecule has 1 aliphatic heterocycles. The lowest BCUT2D eigenvalue weighted by atomic mass is 10.0. The van der Waals surface area contributed by atoms with Crippen molar-refractivity contribution in [3.8, 4) is 0 Å². The van der Waals surface area contributed by atoms with Gasteiger partial charge in [-0.2, -0.15) is 0 Å². The van der Waals surface area contributed by atoms with Crippen molar-refractivity contribution in [2.75, 3.05) is 27.4 Å². The lowest BCUT2D eigenvalue weighted by Gasteiger charge is -2.38. The topological polar surface area (TPSA) is 72.1 Å². The molecular formula is C19H25NO5. The first-order valence-electron chi connectivity index (χ1n) is 8.44. The molecule has 0 aliphatic carbocycles. The molecule has 6 heteroatoms. The molecule has 1 saturated heterocycles. The van der Waals surface area contributed by atoms with E-state index in [0.717, 1.165) is 27.7 Å². The number of benzene rings is 1. The van der Waals surface area contributed by atoms with E-state index in [1.54, 1.807) is 18.2 Å². The van der Waals surface area contributed by atoms with E-state index in [1.165, 1.54) is 7.11 Å². The van der Waals surface area contributed by atoms with Crippen molar-refractivity contribution in [3.05, 3.63) is 35.1 Å². The molecule has 1 aromatic heterocycles. The molecule has 0 saturated carbocycles. The number of hydrogen-bond donors (Lipinski definition) is 1. The van der Waals surface area contributed by atoms with Crippen LogP contribution in [0.15, 0.2) is 22.8 Å². The summed E-state index contributed by atoms with van der Waals surface area (Å²) in [6.45, 7) is 4.68. The second-order valence-corrected chi connectivity index (χ2v) is 6.70. The monoisotopic (exact) mass is 347 g/mol. The lowest BCUT2D eigenvalue weighted by Crippen LogP contribution is -2.57. The fraction of sp³-hybridized carbons (Fsp3) is 0.526. The third-order valence-corrected chi connectivity index (χ3v) is 5.22. The van der Waals surface area contributed by atoms with Crippen LogP contribution in [0.2, 0.25) is 0 Å². The number of rotatable bonds is 4. The Morgan fingerprint density at radius 3 is 2.84 bits per heavy atom. The minimum absolute atomic E-state index is 0.0923. The average molecular weight is 347 g/mol. The molecule has 0 radical (unpaired) electrons. The van der Waals surface area contributed by atoms with Crippen LogP contribution in [0.1, 0.15) is 16.7 Å². The van der Waals surface area contributed by atoms with Gasteiger partial charge in [-0.05, 0) is 25.0 Å². The van der Waals surface area contributed by atoms with Crippen LogP contribution in [-0.2, 0) is 20.7 Å². The predicted octanol–water partition coefficient (Wildman–Crippen LogP) is 1.83. The predicted molar refractivity (Wildman–Crippen MR) is 93.6 cm³/mol. The van der Waals surface area contributed by atoms with Crippen LogP contribution in [0, 0.1) is 13.8 Å². The Labute approximate surface area is 147 Å². The minimum Gasteiger partial charge on any atom is -0.464 e. The van der Waals surface area contributed by atoms with E-state index in [0.29, 0.717) is 13.2 Å². The van der Waals surface area contributed by atoms with Gasteiger partial charge < -0.3 is 23.9 Å². The maximum Gasteiger partial charge on any atom is 0.227 e. The number of likely N-dealkylation sites (N-methyl/N-ethyl adjacent to an activating group) is 1. The molecule has 1 aromatic carbocycles. The summed E-state index contributed by atoms with van der Waals surface area (Å²) in [4.78, 5) is 14.3. The van der Waals surface area contributed by atoms with Crippen molar-refractivity contribution in [1.82, 2.24) is 4.90 Å². The highest BCUT2D eigenvalue weighted by molar-refractivity contribution is 5.89. The number of carbonyl (C=O) groups is 1. The highest BCUT2D eigenvalue weighted by atomic mass is 16.5. The van der Waals surface area contributed by atoms with E-state index < -0.39 is 18.2 Å². The summed E-state index contributed by atoms with van der Waals surface area (Å²) >= 11 is 0. The first kappa shape index (κ1) is 17.9. The largest absolute Gasteiger partial charge is 0.464 e. The van der Waals surface area contributed by atoms with Crippen molar-refractivity contribution < 1.29 is 23.8 Å². The molecule has 2 aromatic rings. The minimum atomic E-state index is -0.765. The molecular weight excluding hydrogens is 322 g/mol. The molecule has 0 unspecified atom stereocenters. The van der Waals surface area contributed by atoms with E-state index in [-0.39, 0.29) is 12.3 Å². The van der Waals surface area contributed by atoms with Crippen LogP contribution in [0.3, 0.4) is 0 Å². The third-order valence-electron chi connectivity index (χ3n) is 5.22. The van der Waals surface area contributed by atoms with E-state index in [9.17, 15) is 9.90 Å². The number of ether oxygens (including phenoxy) is 2. The molecule has 136 valence electrons. The van der Waals surface area contributed by atoms with Crippen LogP contribution >= 0.6 is 0 Å². The fourth-order valence-corrected chi connectivity index (χ4v) is 3.30. The molecule has 25 heavy (non-hydrogen) atoms. The van der Waals surface area contributed by atoms with Gasteiger partial charge in [-0.15, -0.1) is 0 Å². The summed E-state index contributed by atoms with van der Waals surface area (Å²) in [6.07, 6.45) is 0.676. The second kappa shape index (κ2) is 7.15. The Hall–Kier alpha value is -1.89. The highest BCUT2D eigenvalue weighted by Crippen LogP contribution is 2.27. The molecule has 1 aliphatic rings. The van der Waals surface area contributed by atoms with Crippen molar-refractivity contribution in [1.29, 1.82) is 0 Å². The van der Waals surface area contributed by atoms with Gasteiger partial charge in [0.1, 0.15) is 17.8 Å². The van der Waals surface area contributed by atoms with Gasteiger partial charge in [0.25, 0.3) is 0 Å². The van der Waals surface area contributed by atoms with Gasteiger partial charge in [0.2, 0.25) is 5.91 Å². The van der Waals surface area contributed by atoms with Crippen molar-refractivity contribution in [3.63, 3.8) is 0 Å². The number of carbonyl (C=O) groups excluding carboxylic acids is 1. The number of fused-ring (bicyclic) bond motifs is 1. The third kappa shape index (κ3) is 3.29. The lowest BCUT2D eigenvalue weighted by molar-refractivity contribution is -0.157. The summed E-state index contributed by atoms with van der Waals surface area (Å²) in [5, 5.41) is 11.4. The van der Waals surface area contributed by atoms with Crippen molar-refractivity contribution in [2.24, 2.45) is 0 Å². The van der Waals surface area contributed by atoms with E-state index in [1.807, 2.05) is 26.0 Å². The summed E-state index contributed by atoms with van der Waals surface area (Å²) < 4.78 is 16.4. The number of aryl methyl sites for hydroxylation is 2. The molecule has 6 nitrogen and oxygen atoms in total. The number of methoxy groups -OCH3 is 1. The molecule has 0 bridgehead atoms. The van der Waals surface area contributed by atoms with Crippen molar-refractivity contribution >= 4 is 16.9 Å². The van der Waals surface area contributed by atoms with Gasteiger partial charge in [0.05, 0.1) is 31.9 Å². The standard InChI is InChI=1S/C19H25NO5/c1-11-5-6-14-13(8-25-19(14)12(11)2)7-17(21)20(3)15-9-24-10-16(23-4)18(15)22/h5-6,8,15-16,18,22H,7,9-10H2,1-4H3/t15-,16-,18+/m1/s1. The maximum atomic E-state index is 12.7. The normalized spacial score (nSPS) is 23.8. The van der Waals surface area contributed by atoms with Gasteiger partial charge in [-0.1, -0.05) is 12.1 Å². The average Bonchev–Trinajstić information content (AvgIpc) is 3.01. The Morgan fingerprint density at radius 1 is 1.36 bits per heavy atom. The summed E-state index contributed by atoms with van der Waals surface area (Å²) in [7, 11) is 3.22. The quantitative estimate of drug-likeness (QED) is 0.913. The van der Waals surface area contributed by atoms with Gasteiger partial charge in [0, 0.05) is 25.1 Å². The van der Waals surface area contributed by atoms with Crippen LogP contribution in [0.4, 0.5) is 0 Å². The van der Waals surface area contributed by atoms with Crippen LogP contribution < -0.4 is 0 Å². The zero-order valence-electron chi connectivity index (χ0n) is 15.1. The molecule has 0 spiro atoms. The maximum absolute atomic E-state index is 12.7. The molecule has 2 heterocycles. The Kier molecular flexibility index (Phi) is 5.13. The van der Waals surface area contributed by atoms with Crippen LogP contribution in [-0.4, -0.2) is 61.5 Å². The number of nitrogens with zero attached hydrogens (tertiary/aromatic N) is 1. The molecule has 3 atom stereocenters. The second-order valence-electron chi connectivity index (χ2n) is 6.70. The Bertz CT molecular complexity index is 769. The van der Waals surface area contributed by atoms with Crippen LogP contribution in [0.25, 0.3) is 11.0 Å². The fourth-order valence-electron chi connectivity index (χ4n) is 3.30. The molecule has 1 amide bonds. The zero-order valence-corrected chi connectivity index (χ0v) is 15.1. The van der Waals surface area contributed by atoms with E-state index >= 15 is 0 Å². The molecule has 1 N–H and O–H groups in total. The van der Waals surface area contributed by atoms with E-state index in [4.69, 9.17) is 13.9 Å². The molecule has 3 rings (SSSR count). The Balaban J connectivity index is 1.77. The van der Waals surface area contributed by atoms with Crippen molar-refractivity contribution in [2.45, 2.75) is 38.5 Å². The first-order valence-corrected chi connectivity index (χ1v) is 8.44. The SMILES string of the molecule is CO[C@@H]1COC[C@@H](N(C)C(=O)Cc2coc3c(C)c(C)ccc23)[C@@H]1O. The summed E-state index contributed by atoms with van der Waals surface area (Å²) in [6, 6.07) is 3.60. The van der Waals surface area contributed by atoms with Gasteiger partial charge in [-0.25, -0.2) is 0 Å². The highest BCUT2D eigenvalue weighted by Gasteiger charge is 2.37. The summed E-state index contributed by atoms with van der Waals surface area (Å²) in [5.74, 6) is -0.0923. The molecule has 1 fully saturated rings. The van der Waals surface area contributed by atoms with Gasteiger partial charge >= 0.3 is 0 Å². The number of furan rings is 1. The smallest absolute Gasteiger partial charge is 0.227 e. The number of aliphatic hydroxyl groups is 1. The summed E-state index contributed by atoms with van der Waals surface area (Å²) in [5.41, 5.74) is 3.92. The zero-order chi connectivity index (χ0) is 18.1. The number of hydrogen-bond acceptors (Lipinski definition) is 5. The van der Waals surface area contributed by atoms with E-state index in [2.05, 4.69) is 0 Å². The Morgan fingerprint density at radius 2 is 2.12 bits per heavy atom. The van der Waals surface area contributed by atoms with Gasteiger partial charge in [0.15, 0.2) is 0 Å². The number of aliphatic hydroxyl groups excluding tert-OH is 1. The number of amides is 1. The van der Waals surface area contributed by atoms with Crippen LogP contribution in [0.5, 0.6) is 0 Å². The first-order chi connectivity index (χ1) is 11.9.